The Morgan fingerprint density at radius 1 is 1.00 bits per heavy atom. The molecule has 1 atom stereocenters. The maximum absolute atomic E-state index is 9.69. The molecule has 2 aromatic rings. The number of para-hydroxylation sites is 1. The minimum Gasteiger partial charge on any atom is -0.504 e. The molecule has 0 aliphatic carbocycles. The van der Waals surface area contributed by atoms with E-state index in [1.165, 1.54) is 11.6 Å². The second kappa shape index (κ2) is 5.56. The van der Waals surface area contributed by atoms with E-state index in [1.807, 2.05) is 18.2 Å². The molecule has 2 aromatic carbocycles. The fraction of sp³-hybridized carbons (Fsp3) is 0.200. The van der Waals surface area contributed by atoms with Gasteiger partial charge in [-0.05, 0) is 18.6 Å². The SMILES string of the molecule is CC(NCc1cccc(O)c1O)c1ccccc1. The average molecular weight is 243 g/mol. The quantitative estimate of drug-likeness (QED) is 0.724. The van der Waals surface area contributed by atoms with Gasteiger partial charge in [0.15, 0.2) is 11.5 Å². The summed E-state index contributed by atoms with van der Waals surface area (Å²) in [6, 6.07) is 15.3. The third-order valence-electron chi connectivity index (χ3n) is 3.00. The normalized spacial score (nSPS) is 12.3. The Hall–Kier alpha value is -2.00. The van der Waals surface area contributed by atoms with Crippen molar-refractivity contribution < 1.29 is 10.2 Å². The molecule has 2 rings (SSSR count). The molecule has 3 nitrogen and oxygen atoms in total. The highest BCUT2D eigenvalue weighted by molar-refractivity contribution is 5.44. The minimum absolute atomic E-state index is 0.0507. The monoisotopic (exact) mass is 243 g/mol. The largest absolute Gasteiger partial charge is 0.504 e. The standard InChI is InChI=1S/C15H17NO2/c1-11(12-6-3-2-4-7-12)16-10-13-8-5-9-14(17)15(13)18/h2-9,11,16-18H,10H2,1H3. The van der Waals surface area contributed by atoms with Crippen LogP contribution in [0, 0.1) is 0 Å². The van der Waals surface area contributed by atoms with Crippen molar-refractivity contribution in [2.75, 3.05) is 0 Å². The van der Waals surface area contributed by atoms with Crippen molar-refractivity contribution in [2.45, 2.75) is 19.5 Å². The number of phenols is 2. The summed E-state index contributed by atoms with van der Waals surface area (Å²) in [5.74, 6) is -0.132. The topological polar surface area (TPSA) is 52.5 Å². The number of hydrogen-bond acceptors (Lipinski definition) is 3. The first-order valence-corrected chi connectivity index (χ1v) is 5.96. The molecule has 3 N–H and O–H groups in total. The second-order valence-corrected chi connectivity index (χ2v) is 4.30. The van der Waals surface area contributed by atoms with Crippen LogP contribution in [0.5, 0.6) is 11.5 Å². The zero-order valence-corrected chi connectivity index (χ0v) is 10.3. The number of nitrogens with one attached hydrogen (secondary N) is 1. The number of hydrogen-bond donors (Lipinski definition) is 3. The zero-order chi connectivity index (χ0) is 13.0. The van der Waals surface area contributed by atoms with Gasteiger partial charge >= 0.3 is 0 Å². The molecule has 18 heavy (non-hydrogen) atoms. The molecular formula is C15H17NO2. The van der Waals surface area contributed by atoms with Crippen LogP contribution in [0.3, 0.4) is 0 Å². The van der Waals surface area contributed by atoms with Gasteiger partial charge < -0.3 is 15.5 Å². The highest BCUT2D eigenvalue weighted by atomic mass is 16.3. The predicted molar refractivity (Wildman–Crippen MR) is 71.5 cm³/mol. The second-order valence-electron chi connectivity index (χ2n) is 4.30. The summed E-state index contributed by atoms with van der Waals surface area (Å²) in [6.45, 7) is 2.57. The van der Waals surface area contributed by atoms with Gasteiger partial charge in [-0.3, -0.25) is 0 Å². The lowest BCUT2D eigenvalue weighted by Gasteiger charge is -2.15. The number of phenolic OH excluding ortho intramolecular Hbond substituents is 2. The van der Waals surface area contributed by atoms with Gasteiger partial charge in [0.2, 0.25) is 0 Å². The summed E-state index contributed by atoms with van der Waals surface area (Å²) >= 11 is 0. The van der Waals surface area contributed by atoms with Gasteiger partial charge in [0, 0.05) is 18.2 Å². The molecule has 3 heteroatoms. The maximum Gasteiger partial charge on any atom is 0.161 e. The van der Waals surface area contributed by atoms with Crippen molar-refractivity contribution in [3.63, 3.8) is 0 Å². The summed E-state index contributed by atoms with van der Waals surface area (Å²) in [5, 5.41) is 22.4. The van der Waals surface area contributed by atoms with Gasteiger partial charge in [0.05, 0.1) is 0 Å². The average Bonchev–Trinajstić information content (AvgIpc) is 2.41. The molecule has 0 amide bonds. The molecule has 0 spiro atoms. The van der Waals surface area contributed by atoms with E-state index in [2.05, 4.69) is 24.4 Å². The Morgan fingerprint density at radius 2 is 1.72 bits per heavy atom. The van der Waals surface area contributed by atoms with Crippen molar-refractivity contribution in [1.29, 1.82) is 0 Å². The molecule has 0 saturated heterocycles. The fourth-order valence-corrected chi connectivity index (χ4v) is 1.84. The lowest BCUT2D eigenvalue weighted by molar-refractivity contribution is 0.396. The van der Waals surface area contributed by atoms with Gasteiger partial charge in [0.25, 0.3) is 0 Å². The molecule has 1 unspecified atom stereocenters. The van der Waals surface area contributed by atoms with Crippen molar-refractivity contribution >= 4 is 0 Å². The maximum atomic E-state index is 9.69. The number of rotatable bonds is 4. The Labute approximate surface area is 107 Å². The third-order valence-corrected chi connectivity index (χ3v) is 3.00. The molecule has 0 aliphatic rings. The zero-order valence-electron chi connectivity index (χ0n) is 10.3. The smallest absolute Gasteiger partial charge is 0.161 e. The fourth-order valence-electron chi connectivity index (χ4n) is 1.84. The van der Waals surface area contributed by atoms with Crippen LogP contribution in [0.1, 0.15) is 24.1 Å². The Balaban J connectivity index is 2.02. The molecule has 0 aliphatic heterocycles. The summed E-state index contributed by atoms with van der Waals surface area (Å²) < 4.78 is 0. The van der Waals surface area contributed by atoms with Crippen molar-refractivity contribution in [2.24, 2.45) is 0 Å². The van der Waals surface area contributed by atoms with E-state index >= 15 is 0 Å². The predicted octanol–water partition coefficient (Wildman–Crippen LogP) is 2.95. The Bertz CT molecular complexity index is 511. The highest BCUT2D eigenvalue weighted by Gasteiger charge is 2.08. The Morgan fingerprint density at radius 3 is 2.44 bits per heavy atom. The van der Waals surface area contributed by atoms with E-state index in [9.17, 15) is 10.2 Å². The van der Waals surface area contributed by atoms with E-state index in [4.69, 9.17) is 0 Å². The summed E-state index contributed by atoms with van der Waals surface area (Å²) in [6.07, 6.45) is 0. The summed E-state index contributed by atoms with van der Waals surface area (Å²) in [5.41, 5.74) is 1.88. The number of aromatic hydroxyl groups is 2. The van der Waals surface area contributed by atoms with Gasteiger partial charge in [0.1, 0.15) is 0 Å². The first-order valence-electron chi connectivity index (χ1n) is 5.96. The summed E-state index contributed by atoms with van der Waals surface area (Å²) in [7, 11) is 0. The Kier molecular flexibility index (Phi) is 3.85. The van der Waals surface area contributed by atoms with Crippen molar-refractivity contribution in [3.8, 4) is 11.5 Å². The van der Waals surface area contributed by atoms with Gasteiger partial charge in [-0.2, -0.15) is 0 Å². The van der Waals surface area contributed by atoms with Crippen LogP contribution in [-0.2, 0) is 6.54 Å². The summed E-state index contributed by atoms with van der Waals surface area (Å²) in [4.78, 5) is 0. The lowest BCUT2D eigenvalue weighted by Crippen LogP contribution is -2.18. The van der Waals surface area contributed by atoms with Gasteiger partial charge in [-0.25, -0.2) is 0 Å². The molecule has 0 heterocycles. The molecule has 94 valence electrons. The molecule has 0 bridgehead atoms. The van der Waals surface area contributed by atoms with Crippen LogP contribution in [0.2, 0.25) is 0 Å². The van der Waals surface area contributed by atoms with Gasteiger partial charge in [-0.15, -0.1) is 0 Å². The van der Waals surface area contributed by atoms with E-state index in [-0.39, 0.29) is 17.5 Å². The van der Waals surface area contributed by atoms with Crippen LogP contribution >= 0.6 is 0 Å². The van der Waals surface area contributed by atoms with E-state index < -0.39 is 0 Å². The molecular weight excluding hydrogens is 226 g/mol. The van der Waals surface area contributed by atoms with Crippen molar-refractivity contribution in [3.05, 3.63) is 59.7 Å². The molecule has 0 radical (unpaired) electrons. The third kappa shape index (κ3) is 2.81. The van der Waals surface area contributed by atoms with Crippen LogP contribution in [0.4, 0.5) is 0 Å². The van der Waals surface area contributed by atoms with Crippen LogP contribution in [0.15, 0.2) is 48.5 Å². The first kappa shape index (κ1) is 12.5. The van der Waals surface area contributed by atoms with E-state index in [0.717, 1.165) is 0 Å². The highest BCUT2D eigenvalue weighted by Crippen LogP contribution is 2.28. The lowest BCUT2D eigenvalue weighted by atomic mass is 10.1. The van der Waals surface area contributed by atoms with Crippen LogP contribution in [0.25, 0.3) is 0 Å². The van der Waals surface area contributed by atoms with Crippen LogP contribution in [-0.4, -0.2) is 10.2 Å². The molecule has 0 aromatic heterocycles. The van der Waals surface area contributed by atoms with E-state index in [1.54, 1.807) is 12.1 Å². The minimum atomic E-state index is -0.0818. The van der Waals surface area contributed by atoms with Crippen LogP contribution < -0.4 is 5.32 Å². The van der Waals surface area contributed by atoms with Crippen molar-refractivity contribution in [1.82, 2.24) is 5.32 Å². The van der Waals surface area contributed by atoms with E-state index in [0.29, 0.717) is 12.1 Å². The van der Waals surface area contributed by atoms with Gasteiger partial charge in [-0.1, -0.05) is 42.5 Å². The molecule has 0 fully saturated rings. The number of benzene rings is 2. The first-order chi connectivity index (χ1) is 8.68. The molecule has 0 saturated carbocycles.